The summed E-state index contributed by atoms with van der Waals surface area (Å²) >= 11 is 1.30. The Morgan fingerprint density at radius 1 is 0.951 bits per heavy atom. The lowest BCUT2D eigenvalue weighted by Crippen LogP contribution is -2.32. The highest BCUT2D eigenvalue weighted by atomic mass is 32.1. The van der Waals surface area contributed by atoms with Crippen LogP contribution in [-0.4, -0.2) is 48.3 Å². The number of nitrogens with two attached hydrogens (primary N) is 2. The number of amides is 1. The number of alkyl carbamates (subject to hydrolysis) is 1. The van der Waals surface area contributed by atoms with Gasteiger partial charge in [0.25, 0.3) is 0 Å². The number of carbonyl (C=O) groups is 3. The summed E-state index contributed by atoms with van der Waals surface area (Å²) in [5.74, 6) is -1.20. The van der Waals surface area contributed by atoms with Gasteiger partial charge >= 0.3 is 6.09 Å². The summed E-state index contributed by atoms with van der Waals surface area (Å²) < 4.78 is 6.43. The summed E-state index contributed by atoms with van der Waals surface area (Å²) in [4.78, 5) is 47.2. The summed E-state index contributed by atoms with van der Waals surface area (Å²) in [6.45, 7) is 0.254. The molecule has 3 aromatic carbocycles. The first-order valence-corrected chi connectivity index (χ1v) is 14.3. The van der Waals surface area contributed by atoms with Crippen molar-refractivity contribution in [2.24, 2.45) is 22.4 Å². The molecular weight excluding hydrogens is 538 g/mol. The Balaban J connectivity index is 1.17. The minimum Gasteiger partial charge on any atom is -0.449 e. The second kappa shape index (κ2) is 12.7. The molecule has 0 saturated heterocycles. The van der Waals surface area contributed by atoms with Crippen molar-refractivity contribution in [3.05, 3.63) is 88.9 Å². The summed E-state index contributed by atoms with van der Waals surface area (Å²) in [6.07, 6.45) is 0.205. The van der Waals surface area contributed by atoms with Crippen LogP contribution in [0.2, 0.25) is 0 Å². The van der Waals surface area contributed by atoms with Crippen LogP contribution < -0.4 is 16.8 Å². The molecule has 1 aliphatic rings. The maximum Gasteiger partial charge on any atom is 0.407 e. The zero-order valence-corrected chi connectivity index (χ0v) is 23.2. The van der Waals surface area contributed by atoms with Crippen LogP contribution in [0, 0.1) is 5.92 Å². The molecule has 0 saturated carbocycles. The van der Waals surface area contributed by atoms with Gasteiger partial charge in [0.2, 0.25) is 0 Å². The van der Waals surface area contributed by atoms with Crippen LogP contribution in [0.5, 0.6) is 0 Å². The minimum absolute atomic E-state index is 0.0255. The summed E-state index contributed by atoms with van der Waals surface area (Å²) in [5.41, 5.74) is 16.0. The molecule has 4 aromatic rings. The van der Waals surface area contributed by atoms with Crippen molar-refractivity contribution in [1.82, 2.24) is 10.3 Å². The summed E-state index contributed by atoms with van der Waals surface area (Å²) in [6, 6.07) is 23.6. The number of ketones is 2. The minimum atomic E-state index is -0.679. The van der Waals surface area contributed by atoms with Crippen LogP contribution in [0.15, 0.2) is 77.8 Å². The molecule has 41 heavy (non-hydrogen) atoms. The third-order valence-corrected chi connectivity index (χ3v) is 8.18. The van der Waals surface area contributed by atoms with Gasteiger partial charge in [-0.15, -0.1) is 11.3 Å². The topological polar surface area (TPSA) is 150 Å². The molecule has 0 bridgehead atoms. The molecule has 1 aliphatic carbocycles. The van der Waals surface area contributed by atoms with E-state index < -0.39 is 12.0 Å². The number of rotatable bonds is 12. The van der Waals surface area contributed by atoms with E-state index in [1.54, 1.807) is 0 Å². The molecular formula is C31H31N5O4S. The predicted molar refractivity (Wildman–Crippen MR) is 160 cm³/mol. The Morgan fingerprint density at radius 2 is 1.61 bits per heavy atom. The second-order valence-corrected chi connectivity index (χ2v) is 10.9. The number of guanidine groups is 1. The zero-order valence-electron chi connectivity index (χ0n) is 22.4. The van der Waals surface area contributed by atoms with Gasteiger partial charge in [-0.05, 0) is 47.2 Å². The lowest BCUT2D eigenvalue weighted by molar-refractivity contribution is -0.118. The Labute approximate surface area is 241 Å². The number of ether oxygens (including phenoxy) is 1. The fourth-order valence-corrected chi connectivity index (χ4v) is 6.18. The molecule has 0 spiro atoms. The van der Waals surface area contributed by atoms with E-state index in [4.69, 9.17) is 16.2 Å². The van der Waals surface area contributed by atoms with E-state index in [1.807, 2.05) is 60.7 Å². The Bertz CT molecular complexity index is 1530. The molecule has 5 N–H and O–H groups in total. The molecule has 1 aromatic heterocycles. The Kier molecular flexibility index (Phi) is 8.69. The molecule has 5 rings (SSSR count). The number of nitrogens with zero attached hydrogens (tertiary/aromatic N) is 2. The third kappa shape index (κ3) is 6.60. The van der Waals surface area contributed by atoms with Crippen LogP contribution in [0.3, 0.4) is 0 Å². The number of benzene rings is 3. The molecule has 0 radical (unpaired) electrons. The molecule has 9 nitrogen and oxygen atoms in total. The van der Waals surface area contributed by atoms with Crippen LogP contribution in [-0.2, 0) is 9.53 Å². The quantitative estimate of drug-likeness (QED) is 0.0973. The molecule has 0 unspecified atom stereocenters. The average molecular weight is 570 g/mol. The van der Waals surface area contributed by atoms with Gasteiger partial charge in [-0.25, -0.2) is 9.78 Å². The van der Waals surface area contributed by atoms with Crippen molar-refractivity contribution in [3.8, 4) is 11.1 Å². The van der Waals surface area contributed by atoms with Gasteiger partial charge in [0.15, 0.2) is 22.5 Å². The molecule has 1 heterocycles. The number of aromatic nitrogens is 1. The number of carbonyl (C=O) groups excluding carboxylic acids is 3. The first kappa shape index (κ1) is 28.0. The van der Waals surface area contributed by atoms with Crippen molar-refractivity contribution in [1.29, 1.82) is 0 Å². The number of hydrogen-bond donors (Lipinski definition) is 3. The van der Waals surface area contributed by atoms with Crippen molar-refractivity contribution in [2.75, 3.05) is 19.7 Å². The van der Waals surface area contributed by atoms with Gasteiger partial charge in [0.05, 0.1) is 16.8 Å². The molecule has 1 amide bonds. The molecule has 210 valence electrons. The fourth-order valence-electron chi connectivity index (χ4n) is 5.19. The maximum absolute atomic E-state index is 13.4. The molecule has 0 fully saturated rings. The van der Waals surface area contributed by atoms with Gasteiger partial charge < -0.3 is 21.5 Å². The second-order valence-electron chi connectivity index (χ2n) is 9.92. The Hall–Kier alpha value is -4.57. The number of aliphatic imine (C=N–C) groups is 1. The Morgan fingerprint density at radius 3 is 2.29 bits per heavy atom. The smallest absolute Gasteiger partial charge is 0.407 e. The van der Waals surface area contributed by atoms with Crippen LogP contribution >= 0.6 is 11.3 Å². The van der Waals surface area contributed by atoms with Crippen molar-refractivity contribution in [2.45, 2.75) is 25.2 Å². The van der Waals surface area contributed by atoms with Crippen molar-refractivity contribution in [3.63, 3.8) is 0 Å². The van der Waals surface area contributed by atoms with E-state index in [-0.39, 0.29) is 43.0 Å². The number of Topliss-reactive ketones (excluding diaryl/α,β-unsaturated/α-hetero) is 2. The van der Waals surface area contributed by atoms with E-state index in [2.05, 4.69) is 27.4 Å². The summed E-state index contributed by atoms with van der Waals surface area (Å²) in [5, 5.41) is 2.91. The van der Waals surface area contributed by atoms with Gasteiger partial charge in [-0.2, -0.15) is 0 Å². The largest absolute Gasteiger partial charge is 0.449 e. The monoisotopic (exact) mass is 569 g/mol. The lowest BCUT2D eigenvalue weighted by atomic mass is 9.92. The molecule has 0 aliphatic heterocycles. The first-order valence-electron chi connectivity index (χ1n) is 13.5. The highest BCUT2D eigenvalue weighted by Gasteiger charge is 2.29. The number of fused-ring (bicyclic) bond motifs is 4. The van der Waals surface area contributed by atoms with Gasteiger partial charge in [-0.3, -0.25) is 14.6 Å². The van der Waals surface area contributed by atoms with E-state index in [1.165, 1.54) is 11.3 Å². The lowest BCUT2D eigenvalue weighted by Gasteiger charge is -2.15. The normalized spacial score (nSPS) is 12.8. The van der Waals surface area contributed by atoms with Crippen LogP contribution in [0.1, 0.15) is 46.1 Å². The van der Waals surface area contributed by atoms with Gasteiger partial charge in [0, 0.05) is 24.8 Å². The van der Waals surface area contributed by atoms with Gasteiger partial charge in [0.1, 0.15) is 6.61 Å². The SMILES string of the molecule is NC(N)=NCCC[C@H](CC(=O)CNC(=O)OCC1c2ccccc2-c2ccccc21)C(=O)c1nc2ccccc2s1. The maximum atomic E-state index is 13.4. The first-order chi connectivity index (χ1) is 19.9. The standard InChI is InChI=1S/C31H31N5O4S/c32-30(33)34-15-7-8-19(28(38)29-36-26-13-5-6-14-27(26)41-29)16-20(37)17-35-31(39)40-18-25-23-11-3-1-9-21(23)22-10-2-4-12-24(22)25/h1-6,9-14,19,25H,7-8,15-18H2,(H,35,39)(H4,32,33,34)/t19-/m1/s1. The highest BCUT2D eigenvalue weighted by Crippen LogP contribution is 2.44. The predicted octanol–water partition coefficient (Wildman–Crippen LogP) is 4.65. The zero-order chi connectivity index (χ0) is 28.8. The number of nitrogens with one attached hydrogen (secondary N) is 1. The van der Waals surface area contributed by atoms with Crippen molar-refractivity contribution >= 4 is 45.2 Å². The van der Waals surface area contributed by atoms with E-state index >= 15 is 0 Å². The van der Waals surface area contributed by atoms with Crippen LogP contribution in [0.4, 0.5) is 4.79 Å². The highest BCUT2D eigenvalue weighted by molar-refractivity contribution is 7.20. The molecule has 10 heteroatoms. The molecule has 1 atom stereocenters. The number of hydrogen-bond acceptors (Lipinski definition) is 7. The third-order valence-electron chi connectivity index (χ3n) is 7.13. The van der Waals surface area contributed by atoms with E-state index in [0.717, 1.165) is 32.5 Å². The summed E-state index contributed by atoms with van der Waals surface area (Å²) in [7, 11) is 0. The van der Waals surface area contributed by atoms with Crippen molar-refractivity contribution < 1.29 is 19.1 Å². The van der Waals surface area contributed by atoms with Crippen LogP contribution in [0.25, 0.3) is 21.3 Å². The fraction of sp³-hybridized carbons (Fsp3) is 0.258. The van der Waals surface area contributed by atoms with Gasteiger partial charge in [-0.1, -0.05) is 60.7 Å². The van der Waals surface area contributed by atoms with E-state index in [9.17, 15) is 14.4 Å². The van der Waals surface area contributed by atoms with E-state index in [0.29, 0.717) is 24.4 Å². The number of thiazole rings is 1. The average Bonchev–Trinajstić information content (AvgIpc) is 3.55. The number of para-hydroxylation sites is 1.